The van der Waals surface area contributed by atoms with Crippen molar-refractivity contribution in [2.24, 2.45) is 17.0 Å². The number of halogens is 1. The smallest absolute Gasteiger partial charge is 0.107 e. The van der Waals surface area contributed by atoms with E-state index in [2.05, 4.69) is 21.1 Å². The second kappa shape index (κ2) is 2.29. The van der Waals surface area contributed by atoms with Crippen molar-refractivity contribution in [1.29, 1.82) is 0 Å². The van der Waals surface area contributed by atoms with E-state index in [0.29, 0.717) is 10.7 Å². The topological polar surface area (TPSA) is 29.4 Å². The fraction of sp³-hybridized carbons (Fsp3) is 1.00. The van der Waals surface area contributed by atoms with Gasteiger partial charge in [-0.3, -0.25) is 0 Å². The maximum atomic E-state index is 10.3. The second-order valence-corrected chi connectivity index (χ2v) is 4.43. The summed E-state index contributed by atoms with van der Waals surface area (Å²) in [6.07, 6.45) is 3.75. The Morgan fingerprint density at radius 2 is 2.00 bits per heavy atom. The van der Waals surface area contributed by atoms with E-state index in [9.17, 15) is 4.91 Å². The molecule has 0 aromatic rings. The minimum absolute atomic E-state index is 0.0822. The van der Waals surface area contributed by atoms with Crippen LogP contribution in [0.2, 0.25) is 0 Å². The SMILES string of the molecule is O=N[C@@H]1[C@H]2CC[C@H](C2)[C@@H]1Br. The monoisotopic (exact) mass is 203 g/mol. The molecule has 2 rings (SSSR count). The summed E-state index contributed by atoms with van der Waals surface area (Å²) in [7, 11) is 0. The summed E-state index contributed by atoms with van der Waals surface area (Å²) in [6.45, 7) is 0. The Kier molecular flexibility index (Phi) is 1.55. The van der Waals surface area contributed by atoms with Crippen LogP contribution in [-0.4, -0.2) is 10.9 Å². The summed E-state index contributed by atoms with van der Waals surface area (Å²) in [6, 6.07) is 0.0822. The molecule has 3 heteroatoms. The lowest BCUT2D eigenvalue weighted by atomic mass is 9.96. The Bertz CT molecular complexity index is 160. The molecule has 0 unspecified atom stereocenters. The number of rotatable bonds is 1. The van der Waals surface area contributed by atoms with Crippen molar-refractivity contribution in [3.05, 3.63) is 4.91 Å². The van der Waals surface area contributed by atoms with E-state index in [4.69, 9.17) is 0 Å². The molecule has 0 saturated heterocycles. The number of alkyl halides is 1. The van der Waals surface area contributed by atoms with Crippen molar-refractivity contribution in [3.8, 4) is 0 Å². The van der Waals surface area contributed by atoms with Gasteiger partial charge in [-0.15, -0.1) is 0 Å². The van der Waals surface area contributed by atoms with Gasteiger partial charge in [-0.1, -0.05) is 21.1 Å². The predicted octanol–water partition coefficient (Wildman–Crippen LogP) is 2.31. The number of hydrogen-bond acceptors (Lipinski definition) is 2. The highest BCUT2D eigenvalue weighted by atomic mass is 79.9. The minimum Gasteiger partial charge on any atom is -0.150 e. The Morgan fingerprint density at radius 1 is 1.30 bits per heavy atom. The number of nitroso groups, excluding NO2 is 1. The van der Waals surface area contributed by atoms with Gasteiger partial charge >= 0.3 is 0 Å². The highest BCUT2D eigenvalue weighted by Crippen LogP contribution is 2.49. The summed E-state index contributed by atoms with van der Waals surface area (Å²) in [5.41, 5.74) is 0. The molecule has 0 aromatic heterocycles. The van der Waals surface area contributed by atoms with E-state index in [1.54, 1.807) is 0 Å². The third kappa shape index (κ3) is 0.760. The van der Waals surface area contributed by atoms with E-state index in [1.165, 1.54) is 19.3 Å². The lowest BCUT2D eigenvalue weighted by molar-refractivity contribution is 0.433. The van der Waals surface area contributed by atoms with Gasteiger partial charge in [0.2, 0.25) is 0 Å². The van der Waals surface area contributed by atoms with Gasteiger partial charge in [-0.2, -0.15) is 4.91 Å². The van der Waals surface area contributed by atoms with Crippen LogP contribution in [0.25, 0.3) is 0 Å². The first kappa shape index (κ1) is 6.77. The third-order valence-corrected chi connectivity index (χ3v) is 4.18. The van der Waals surface area contributed by atoms with Gasteiger partial charge in [-0.25, -0.2) is 0 Å². The third-order valence-electron chi connectivity index (χ3n) is 2.90. The van der Waals surface area contributed by atoms with Gasteiger partial charge in [0, 0.05) is 4.83 Å². The fourth-order valence-electron chi connectivity index (χ4n) is 2.34. The largest absolute Gasteiger partial charge is 0.150 e. The molecule has 0 spiro atoms. The molecule has 56 valence electrons. The number of nitrogens with zero attached hydrogens (tertiary/aromatic N) is 1. The highest BCUT2D eigenvalue weighted by molar-refractivity contribution is 9.09. The van der Waals surface area contributed by atoms with E-state index in [1.807, 2.05) is 0 Å². The van der Waals surface area contributed by atoms with Crippen LogP contribution in [0, 0.1) is 16.7 Å². The summed E-state index contributed by atoms with van der Waals surface area (Å²) < 4.78 is 0. The van der Waals surface area contributed by atoms with E-state index in [-0.39, 0.29) is 6.04 Å². The molecule has 0 aliphatic heterocycles. The van der Waals surface area contributed by atoms with Crippen LogP contribution >= 0.6 is 15.9 Å². The molecule has 10 heavy (non-hydrogen) atoms. The van der Waals surface area contributed by atoms with Crippen molar-refractivity contribution in [3.63, 3.8) is 0 Å². The zero-order chi connectivity index (χ0) is 7.14. The highest BCUT2D eigenvalue weighted by Gasteiger charge is 2.47. The van der Waals surface area contributed by atoms with E-state index in [0.717, 1.165) is 5.92 Å². The van der Waals surface area contributed by atoms with E-state index < -0.39 is 0 Å². The zero-order valence-corrected chi connectivity index (χ0v) is 7.25. The lowest BCUT2D eigenvalue weighted by Crippen LogP contribution is -2.25. The maximum Gasteiger partial charge on any atom is 0.107 e. The molecule has 0 heterocycles. The summed E-state index contributed by atoms with van der Waals surface area (Å²) in [5, 5.41) is 3.15. The summed E-state index contributed by atoms with van der Waals surface area (Å²) in [4.78, 5) is 10.7. The van der Waals surface area contributed by atoms with Gasteiger partial charge in [0.05, 0.1) is 0 Å². The summed E-state index contributed by atoms with van der Waals surface area (Å²) >= 11 is 3.53. The first-order chi connectivity index (χ1) is 4.83. The standard InChI is InChI=1S/C7H10BrNO/c8-6-4-1-2-5(3-4)7(6)9-10/h4-7H,1-3H2/t4-,5+,6+,7-/m1/s1. The molecule has 2 aliphatic rings. The van der Waals surface area contributed by atoms with Crippen LogP contribution in [0.3, 0.4) is 0 Å². The van der Waals surface area contributed by atoms with E-state index >= 15 is 0 Å². The van der Waals surface area contributed by atoms with Crippen molar-refractivity contribution in [2.45, 2.75) is 30.1 Å². The number of fused-ring (bicyclic) bond motifs is 2. The molecule has 2 nitrogen and oxygen atoms in total. The van der Waals surface area contributed by atoms with Crippen LogP contribution in [0.15, 0.2) is 5.18 Å². The van der Waals surface area contributed by atoms with Gasteiger partial charge in [0.1, 0.15) is 6.04 Å². The molecule has 0 amide bonds. The summed E-state index contributed by atoms with van der Waals surface area (Å²) in [5.74, 6) is 1.35. The quantitative estimate of drug-likeness (QED) is 0.476. The maximum absolute atomic E-state index is 10.3. The van der Waals surface area contributed by atoms with Crippen molar-refractivity contribution in [2.75, 3.05) is 0 Å². The molecule has 0 N–H and O–H groups in total. The normalized spacial score (nSPS) is 51.7. The first-order valence-corrected chi connectivity index (χ1v) is 4.71. The van der Waals surface area contributed by atoms with Crippen LogP contribution in [0.5, 0.6) is 0 Å². The minimum atomic E-state index is 0.0822. The van der Waals surface area contributed by atoms with Gasteiger partial charge in [-0.05, 0) is 31.1 Å². The fourth-order valence-corrected chi connectivity index (χ4v) is 3.34. The molecule has 2 bridgehead atoms. The Hall–Kier alpha value is 0.0800. The second-order valence-electron chi connectivity index (χ2n) is 3.37. The van der Waals surface area contributed by atoms with Crippen LogP contribution in [0.1, 0.15) is 19.3 Å². The molecule has 0 aromatic carbocycles. The Labute approximate surface area is 68.5 Å². The van der Waals surface area contributed by atoms with Gasteiger partial charge in [0.25, 0.3) is 0 Å². The van der Waals surface area contributed by atoms with Crippen LogP contribution in [0.4, 0.5) is 0 Å². The molecule has 4 atom stereocenters. The molecule has 2 fully saturated rings. The Morgan fingerprint density at radius 3 is 2.40 bits per heavy atom. The molecular formula is C7H10BrNO. The van der Waals surface area contributed by atoms with Crippen LogP contribution < -0.4 is 0 Å². The average molecular weight is 204 g/mol. The number of hydrogen-bond donors (Lipinski definition) is 0. The van der Waals surface area contributed by atoms with Gasteiger partial charge < -0.3 is 0 Å². The predicted molar refractivity (Wildman–Crippen MR) is 43.1 cm³/mol. The molecule has 2 saturated carbocycles. The first-order valence-electron chi connectivity index (χ1n) is 3.79. The average Bonchev–Trinajstić information content (AvgIpc) is 2.46. The molecule has 0 radical (unpaired) electrons. The van der Waals surface area contributed by atoms with Crippen molar-refractivity contribution >= 4 is 15.9 Å². The van der Waals surface area contributed by atoms with Crippen molar-refractivity contribution < 1.29 is 0 Å². The molecule has 2 aliphatic carbocycles. The lowest BCUT2D eigenvalue weighted by Gasteiger charge is -2.19. The Balaban J connectivity index is 2.16. The zero-order valence-electron chi connectivity index (χ0n) is 5.66. The van der Waals surface area contributed by atoms with Gasteiger partial charge in [0.15, 0.2) is 0 Å². The molecular weight excluding hydrogens is 194 g/mol. The van der Waals surface area contributed by atoms with Crippen molar-refractivity contribution in [1.82, 2.24) is 0 Å². The van der Waals surface area contributed by atoms with Crippen LogP contribution in [-0.2, 0) is 0 Å².